The molecular formula is C25H20F2N2O2. The molecular weight excluding hydrogens is 398 g/mol. The van der Waals surface area contributed by atoms with Crippen molar-refractivity contribution in [3.63, 3.8) is 0 Å². The van der Waals surface area contributed by atoms with Gasteiger partial charge >= 0.3 is 0 Å². The smallest absolute Gasteiger partial charge is 0.282 e. The highest BCUT2D eigenvalue weighted by molar-refractivity contribution is 6.46. The first-order chi connectivity index (χ1) is 14.8. The van der Waals surface area contributed by atoms with Gasteiger partial charge in [0, 0.05) is 11.8 Å². The summed E-state index contributed by atoms with van der Waals surface area (Å²) >= 11 is 0. The number of anilines is 2. The van der Waals surface area contributed by atoms with Crippen molar-refractivity contribution in [1.29, 1.82) is 0 Å². The monoisotopic (exact) mass is 418 g/mol. The molecule has 0 atom stereocenters. The average molecular weight is 418 g/mol. The fourth-order valence-corrected chi connectivity index (χ4v) is 3.73. The van der Waals surface area contributed by atoms with Gasteiger partial charge in [-0.25, -0.2) is 13.7 Å². The lowest BCUT2D eigenvalue weighted by Crippen LogP contribution is -2.33. The van der Waals surface area contributed by atoms with Crippen molar-refractivity contribution >= 4 is 28.8 Å². The zero-order chi connectivity index (χ0) is 22.3. The highest BCUT2D eigenvalue weighted by atomic mass is 19.1. The Balaban J connectivity index is 1.89. The molecule has 4 nitrogen and oxygen atoms in total. The van der Waals surface area contributed by atoms with Crippen LogP contribution in [-0.2, 0) is 9.59 Å². The van der Waals surface area contributed by atoms with Gasteiger partial charge in [0.05, 0.1) is 11.3 Å². The van der Waals surface area contributed by atoms with Crippen molar-refractivity contribution in [2.24, 2.45) is 0 Å². The Labute approximate surface area is 178 Å². The van der Waals surface area contributed by atoms with E-state index in [0.29, 0.717) is 16.2 Å². The molecule has 0 bridgehead atoms. The summed E-state index contributed by atoms with van der Waals surface area (Å²) in [5.41, 5.74) is 3.64. The number of rotatable bonds is 4. The van der Waals surface area contributed by atoms with Crippen molar-refractivity contribution in [3.05, 3.63) is 100 Å². The largest absolute Gasteiger partial charge is 0.350 e. The first kappa shape index (κ1) is 20.5. The molecule has 0 fully saturated rings. The lowest BCUT2D eigenvalue weighted by molar-refractivity contribution is -0.120. The van der Waals surface area contributed by atoms with Gasteiger partial charge in [0.15, 0.2) is 0 Å². The summed E-state index contributed by atoms with van der Waals surface area (Å²) in [6.45, 7) is 5.66. The highest BCUT2D eigenvalue weighted by Crippen LogP contribution is 2.36. The Morgan fingerprint density at radius 1 is 0.806 bits per heavy atom. The zero-order valence-corrected chi connectivity index (χ0v) is 17.3. The van der Waals surface area contributed by atoms with Gasteiger partial charge in [0.2, 0.25) is 0 Å². The van der Waals surface area contributed by atoms with Gasteiger partial charge in [0.1, 0.15) is 17.3 Å². The van der Waals surface area contributed by atoms with Gasteiger partial charge in [-0.2, -0.15) is 0 Å². The van der Waals surface area contributed by atoms with Gasteiger partial charge in [-0.15, -0.1) is 0 Å². The Morgan fingerprint density at radius 3 is 2.26 bits per heavy atom. The van der Waals surface area contributed by atoms with Crippen molar-refractivity contribution in [1.82, 2.24) is 0 Å². The first-order valence-electron chi connectivity index (χ1n) is 9.75. The lowest BCUT2D eigenvalue weighted by Gasteiger charge is -2.16. The van der Waals surface area contributed by atoms with Gasteiger partial charge in [0.25, 0.3) is 11.8 Å². The third-order valence-corrected chi connectivity index (χ3v) is 5.17. The predicted octanol–water partition coefficient (Wildman–Crippen LogP) is 5.29. The van der Waals surface area contributed by atoms with Crippen molar-refractivity contribution in [2.45, 2.75) is 20.8 Å². The first-order valence-corrected chi connectivity index (χ1v) is 9.75. The molecule has 0 saturated carbocycles. The molecule has 0 aromatic heterocycles. The van der Waals surface area contributed by atoms with Crippen LogP contribution < -0.4 is 10.2 Å². The third kappa shape index (κ3) is 3.72. The van der Waals surface area contributed by atoms with Gasteiger partial charge < -0.3 is 5.32 Å². The molecule has 4 rings (SSSR count). The summed E-state index contributed by atoms with van der Waals surface area (Å²) in [6.07, 6.45) is 0. The average Bonchev–Trinajstić information content (AvgIpc) is 2.94. The van der Waals surface area contributed by atoms with E-state index in [4.69, 9.17) is 0 Å². The van der Waals surface area contributed by atoms with E-state index in [2.05, 4.69) is 5.32 Å². The summed E-state index contributed by atoms with van der Waals surface area (Å²) in [4.78, 5) is 27.4. The lowest BCUT2D eigenvalue weighted by atomic mass is 9.97. The topological polar surface area (TPSA) is 49.4 Å². The van der Waals surface area contributed by atoms with E-state index in [-0.39, 0.29) is 11.3 Å². The van der Waals surface area contributed by atoms with Gasteiger partial charge in [-0.05, 0) is 61.7 Å². The Hall–Kier alpha value is -3.80. The number of amides is 2. The van der Waals surface area contributed by atoms with E-state index in [1.54, 1.807) is 12.1 Å². The minimum atomic E-state index is -0.861. The van der Waals surface area contributed by atoms with Crippen LogP contribution in [-0.4, -0.2) is 11.8 Å². The molecule has 0 unspecified atom stereocenters. The van der Waals surface area contributed by atoms with E-state index in [0.717, 1.165) is 34.9 Å². The molecule has 1 aliphatic heterocycles. The molecule has 1 heterocycles. The molecule has 6 heteroatoms. The van der Waals surface area contributed by atoms with Gasteiger partial charge in [-0.3, -0.25) is 9.59 Å². The molecule has 31 heavy (non-hydrogen) atoms. The minimum absolute atomic E-state index is 0.0196. The van der Waals surface area contributed by atoms with Crippen LogP contribution in [0.3, 0.4) is 0 Å². The fraction of sp³-hybridized carbons (Fsp3) is 0.120. The SMILES string of the molecule is Cc1cccc(NC2=C(c3ccc(C)cc3C)C(=O)N(c3cc(F)ccc3F)C2=O)c1. The molecule has 0 radical (unpaired) electrons. The molecule has 3 aromatic carbocycles. The predicted molar refractivity (Wildman–Crippen MR) is 116 cm³/mol. The van der Waals surface area contributed by atoms with E-state index in [1.165, 1.54) is 0 Å². The van der Waals surface area contributed by atoms with E-state index in [1.807, 2.05) is 51.1 Å². The van der Waals surface area contributed by atoms with Crippen LogP contribution in [0, 0.1) is 32.4 Å². The summed E-state index contributed by atoms with van der Waals surface area (Å²) in [6, 6.07) is 15.5. The number of nitrogens with zero attached hydrogens (tertiary/aromatic N) is 1. The van der Waals surface area contributed by atoms with Crippen molar-refractivity contribution in [3.8, 4) is 0 Å². The number of hydrogen-bond donors (Lipinski definition) is 1. The normalized spacial score (nSPS) is 13.9. The fourth-order valence-electron chi connectivity index (χ4n) is 3.73. The Kier molecular flexibility index (Phi) is 5.15. The van der Waals surface area contributed by atoms with Crippen LogP contribution >= 0.6 is 0 Å². The molecule has 0 aliphatic carbocycles. The van der Waals surface area contributed by atoms with Crippen molar-refractivity contribution < 1.29 is 18.4 Å². The molecule has 0 saturated heterocycles. The second-order valence-corrected chi connectivity index (χ2v) is 7.60. The van der Waals surface area contributed by atoms with Crippen LogP contribution in [0.4, 0.5) is 20.2 Å². The Morgan fingerprint density at radius 2 is 1.55 bits per heavy atom. The van der Waals surface area contributed by atoms with Crippen LogP contribution in [0.1, 0.15) is 22.3 Å². The quantitative estimate of drug-likeness (QED) is 0.586. The van der Waals surface area contributed by atoms with Crippen LogP contribution in [0.5, 0.6) is 0 Å². The summed E-state index contributed by atoms with van der Waals surface area (Å²) in [5.74, 6) is -3.06. The number of nitrogens with one attached hydrogen (secondary N) is 1. The maximum atomic E-state index is 14.5. The molecule has 0 spiro atoms. The van der Waals surface area contributed by atoms with Crippen LogP contribution in [0.2, 0.25) is 0 Å². The number of halogens is 2. The molecule has 1 N–H and O–H groups in total. The number of hydrogen-bond acceptors (Lipinski definition) is 3. The standard InChI is InChI=1S/C25H20F2N2O2/c1-14-5-4-6-18(12-14)28-23-22(19-9-7-15(2)11-16(19)3)24(30)29(25(23)31)21-13-17(26)8-10-20(21)27/h4-13,28H,1-3H3. The molecule has 3 aromatic rings. The van der Waals surface area contributed by atoms with Crippen LogP contribution in [0.15, 0.2) is 66.4 Å². The molecule has 1 aliphatic rings. The number of benzene rings is 3. The Bertz CT molecular complexity index is 1260. The third-order valence-electron chi connectivity index (χ3n) is 5.17. The summed E-state index contributed by atoms with van der Waals surface area (Å²) in [5, 5.41) is 3.04. The summed E-state index contributed by atoms with van der Waals surface area (Å²) in [7, 11) is 0. The maximum Gasteiger partial charge on any atom is 0.282 e. The zero-order valence-electron chi connectivity index (χ0n) is 17.3. The van der Waals surface area contributed by atoms with E-state index >= 15 is 0 Å². The second-order valence-electron chi connectivity index (χ2n) is 7.60. The number of aryl methyl sites for hydroxylation is 3. The maximum absolute atomic E-state index is 14.5. The second kappa shape index (κ2) is 7.80. The molecule has 156 valence electrons. The number of imide groups is 1. The number of carbonyl (C=O) groups is 2. The van der Waals surface area contributed by atoms with Crippen molar-refractivity contribution in [2.75, 3.05) is 10.2 Å². The highest BCUT2D eigenvalue weighted by Gasteiger charge is 2.42. The van der Waals surface area contributed by atoms with Gasteiger partial charge in [-0.1, -0.05) is 35.9 Å². The minimum Gasteiger partial charge on any atom is -0.350 e. The number of carbonyl (C=O) groups excluding carboxylic acids is 2. The van der Waals surface area contributed by atoms with Crippen LogP contribution in [0.25, 0.3) is 5.57 Å². The molecule has 2 amide bonds. The van der Waals surface area contributed by atoms with E-state index < -0.39 is 29.1 Å². The summed E-state index contributed by atoms with van der Waals surface area (Å²) < 4.78 is 28.3. The van der Waals surface area contributed by atoms with E-state index in [9.17, 15) is 18.4 Å².